The van der Waals surface area contributed by atoms with Crippen LogP contribution >= 0.6 is 0 Å². The van der Waals surface area contributed by atoms with Gasteiger partial charge >= 0.3 is 0 Å². The SMILES string of the molecule is CN(c1ccccc1)c1ccc(C(=O)NN2C(C)(C)CCCC2(C)C)cc1. The molecular weight excluding hydrogens is 334 g/mol. The molecule has 3 rings (SSSR count). The van der Waals surface area contributed by atoms with E-state index in [2.05, 4.69) is 55.2 Å². The number of hydrogen-bond acceptors (Lipinski definition) is 3. The van der Waals surface area contributed by atoms with E-state index >= 15 is 0 Å². The van der Waals surface area contributed by atoms with Gasteiger partial charge < -0.3 is 4.90 Å². The lowest BCUT2D eigenvalue weighted by molar-refractivity contribution is -0.0612. The predicted molar refractivity (Wildman–Crippen MR) is 112 cm³/mol. The van der Waals surface area contributed by atoms with Gasteiger partial charge in [-0.2, -0.15) is 0 Å². The minimum atomic E-state index is -0.0507. The fraction of sp³-hybridized carbons (Fsp3) is 0.435. The van der Waals surface area contributed by atoms with Gasteiger partial charge in [-0.1, -0.05) is 18.2 Å². The van der Waals surface area contributed by atoms with Gasteiger partial charge in [0.05, 0.1) is 0 Å². The molecule has 1 N–H and O–H groups in total. The Balaban J connectivity index is 1.74. The molecule has 1 aliphatic rings. The number of para-hydroxylation sites is 1. The Kier molecular flexibility index (Phi) is 5.29. The van der Waals surface area contributed by atoms with E-state index < -0.39 is 0 Å². The zero-order chi connectivity index (χ0) is 19.7. The third-order valence-electron chi connectivity index (χ3n) is 5.66. The van der Waals surface area contributed by atoms with Crippen molar-refractivity contribution in [2.75, 3.05) is 11.9 Å². The van der Waals surface area contributed by atoms with E-state index in [1.54, 1.807) is 0 Å². The van der Waals surface area contributed by atoms with Gasteiger partial charge in [0, 0.05) is 35.1 Å². The van der Waals surface area contributed by atoms with E-state index in [-0.39, 0.29) is 17.0 Å². The maximum atomic E-state index is 12.9. The first kappa shape index (κ1) is 19.4. The van der Waals surface area contributed by atoms with Crippen molar-refractivity contribution >= 4 is 17.3 Å². The van der Waals surface area contributed by atoms with Gasteiger partial charge in [0.1, 0.15) is 0 Å². The summed E-state index contributed by atoms with van der Waals surface area (Å²) < 4.78 is 0. The molecule has 0 atom stereocenters. The van der Waals surface area contributed by atoms with Gasteiger partial charge in [-0.25, -0.2) is 5.01 Å². The molecule has 1 amide bonds. The Bertz CT molecular complexity index is 765. The van der Waals surface area contributed by atoms with E-state index in [4.69, 9.17) is 0 Å². The first-order valence-corrected chi connectivity index (χ1v) is 9.71. The molecular formula is C23H31N3O. The molecule has 0 bridgehead atoms. The molecule has 0 saturated carbocycles. The van der Waals surface area contributed by atoms with E-state index in [9.17, 15) is 4.79 Å². The number of hydrazine groups is 1. The zero-order valence-electron chi connectivity index (χ0n) is 17.1. The largest absolute Gasteiger partial charge is 0.345 e. The fourth-order valence-electron chi connectivity index (χ4n) is 4.10. The molecule has 1 aliphatic heterocycles. The molecule has 0 spiro atoms. The van der Waals surface area contributed by atoms with Crippen molar-refractivity contribution < 1.29 is 4.79 Å². The molecule has 4 nitrogen and oxygen atoms in total. The Morgan fingerprint density at radius 2 is 1.41 bits per heavy atom. The highest BCUT2D eigenvalue weighted by atomic mass is 16.2. The number of anilines is 2. The first-order valence-electron chi connectivity index (χ1n) is 9.71. The van der Waals surface area contributed by atoms with Crippen LogP contribution in [-0.2, 0) is 0 Å². The van der Waals surface area contributed by atoms with Crippen molar-refractivity contribution in [2.45, 2.75) is 58.0 Å². The molecule has 1 fully saturated rings. The minimum Gasteiger partial charge on any atom is -0.345 e. The molecule has 144 valence electrons. The minimum absolute atomic E-state index is 0.0491. The van der Waals surface area contributed by atoms with Crippen LogP contribution in [0.2, 0.25) is 0 Å². The number of hydrogen-bond donors (Lipinski definition) is 1. The second-order valence-corrected chi connectivity index (χ2v) is 8.70. The summed E-state index contributed by atoms with van der Waals surface area (Å²) >= 11 is 0. The van der Waals surface area contributed by atoms with E-state index in [0.29, 0.717) is 5.56 Å². The second kappa shape index (κ2) is 7.35. The molecule has 0 aromatic heterocycles. The predicted octanol–water partition coefficient (Wildman–Crippen LogP) is 5.14. The molecule has 0 aliphatic carbocycles. The lowest BCUT2D eigenvalue weighted by Gasteiger charge is -2.52. The van der Waals surface area contributed by atoms with Gasteiger partial charge in [0.15, 0.2) is 0 Å². The number of carbonyl (C=O) groups is 1. The normalized spacial score (nSPS) is 18.7. The summed E-state index contributed by atoms with van der Waals surface area (Å²) in [5.74, 6) is -0.0491. The summed E-state index contributed by atoms with van der Waals surface area (Å²) in [5, 5.41) is 2.15. The molecule has 27 heavy (non-hydrogen) atoms. The monoisotopic (exact) mass is 365 g/mol. The maximum absolute atomic E-state index is 12.9. The number of piperidine rings is 1. The molecule has 4 heteroatoms. The second-order valence-electron chi connectivity index (χ2n) is 8.70. The Morgan fingerprint density at radius 1 is 0.889 bits per heavy atom. The van der Waals surface area contributed by atoms with Crippen LogP contribution in [0.3, 0.4) is 0 Å². The highest BCUT2D eigenvalue weighted by Crippen LogP contribution is 2.36. The van der Waals surface area contributed by atoms with Gasteiger partial charge in [0.2, 0.25) is 0 Å². The van der Waals surface area contributed by atoms with Crippen molar-refractivity contribution in [3.8, 4) is 0 Å². The van der Waals surface area contributed by atoms with E-state index in [1.807, 2.05) is 49.5 Å². The Labute approximate surface area is 163 Å². The molecule has 1 heterocycles. The van der Waals surface area contributed by atoms with Crippen LogP contribution in [0.25, 0.3) is 0 Å². The number of nitrogens with zero attached hydrogens (tertiary/aromatic N) is 2. The van der Waals surface area contributed by atoms with Gasteiger partial charge in [0.25, 0.3) is 5.91 Å². The van der Waals surface area contributed by atoms with Crippen LogP contribution in [-0.4, -0.2) is 29.0 Å². The number of rotatable bonds is 4. The lowest BCUT2D eigenvalue weighted by atomic mass is 9.81. The number of carbonyl (C=O) groups excluding carboxylic acids is 1. The molecule has 0 unspecified atom stereocenters. The van der Waals surface area contributed by atoms with Crippen LogP contribution in [0.1, 0.15) is 57.3 Å². The summed E-state index contributed by atoms with van der Waals surface area (Å²) in [6.45, 7) is 8.80. The topological polar surface area (TPSA) is 35.6 Å². The van der Waals surface area contributed by atoms with Gasteiger partial charge in [-0.15, -0.1) is 0 Å². The van der Waals surface area contributed by atoms with Crippen molar-refractivity contribution in [2.24, 2.45) is 0 Å². The average Bonchev–Trinajstić information content (AvgIpc) is 2.64. The average molecular weight is 366 g/mol. The smallest absolute Gasteiger partial charge is 0.265 e. The number of nitrogens with one attached hydrogen (secondary N) is 1. The molecule has 2 aromatic rings. The van der Waals surface area contributed by atoms with Crippen molar-refractivity contribution in [1.29, 1.82) is 0 Å². The summed E-state index contributed by atoms with van der Waals surface area (Å²) in [4.78, 5) is 15.0. The van der Waals surface area contributed by atoms with Crippen LogP contribution in [0, 0.1) is 0 Å². The highest BCUT2D eigenvalue weighted by molar-refractivity contribution is 5.94. The lowest BCUT2D eigenvalue weighted by Crippen LogP contribution is -2.65. The Morgan fingerprint density at radius 3 is 1.96 bits per heavy atom. The number of amides is 1. The van der Waals surface area contributed by atoms with Gasteiger partial charge in [-0.05, 0) is 83.4 Å². The molecule has 0 radical (unpaired) electrons. The van der Waals surface area contributed by atoms with Crippen molar-refractivity contribution in [3.63, 3.8) is 0 Å². The van der Waals surface area contributed by atoms with Crippen molar-refractivity contribution in [1.82, 2.24) is 10.4 Å². The van der Waals surface area contributed by atoms with E-state index in [0.717, 1.165) is 24.2 Å². The fourth-order valence-corrected chi connectivity index (χ4v) is 4.10. The first-order chi connectivity index (χ1) is 12.7. The quantitative estimate of drug-likeness (QED) is 0.814. The van der Waals surface area contributed by atoms with Crippen LogP contribution in [0.4, 0.5) is 11.4 Å². The third kappa shape index (κ3) is 4.16. The number of benzene rings is 2. The summed E-state index contributed by atoms with van der Waals surface area (Å²) in [6.07, 6.45) is 3.35. The van der Waals surface area contributed by atoms with Crippen LogP contribution in [0.15, 0.2) is 54.6 Å². The van der Waals surface area contributed by atoms with Gasteiger partial charge in [-0.3, -0.25) is 10.2 Å². The maximum Gasteiger partial charge on any atom is 0.265 e. The van der Waals surface area contributed by atoms with E-state index in [1.165, 1.54) is 6.42 Å². The molecule has 1 saturated heterocycles. The summed E-state index contributed by atoms with van der Waals surface area (Å²) in [6, 6.07) is 18.0. The Hall–Kier alpha value is -2.33. The summed E-state index contributed by atoms with van der Waals surface area (Å²) in [7, 11) is 2.03. The highest BCUT2D eigenvalue weighted by Gasteiger charge is 2.42. The zero-order valence-corrected chi connectivity index (χ0v) is 17.1. The molecule has 2 aromatic carbocycles. The van der Waals surface area contributed by atoms with Crippen molar-refractivity contribution in [3.05, 3.63) is 60.2 Å². The summed E-state index contributed by atoms with van der Waals surface area (Å²) in [5.41, 5.74) is 5.92. The standard InChI is InChI=1S/C23H31N3O/c1-22(2)16-9-17-23(3,4)26(22)24-21(27)18-12-14-20(15-13-18)25(5)19-10-7-6-8-11-19/h6-8,10-15H,9,16-17H2,1-5H3,(H,24,27). The third-order valence-corrected chi connectivity index (χ3v) is 5.66. The van der Waals surface area contributed by atoms with Crippen LogP contribution in [0.5, 0.6) is 0 Å². The van der Waals surface area contributed by atoms with Crippen LogP contribution < -0.4 is 10.3 Å².